The number of nitrogens with one attached hydrogen (secondary N) is 1. The molecule has 1 aromatic rings. The minimum atomic E-state index is -0.408. The third-order valence-electron chi connectivity index (χ3n) is 3.33. The Kier molecular flexibility index (Phi) is 3.81. The van der Waals surface area contributed by atoms with Gasteiger partial charge in [0.25, 0.3) is 0 Å². The highest BCUT2D eigenvalue weighted by Gasteiger charge is 2.22. The molecular formula is C13H18FN3O. The van der Waals surface area contributed by atoms with E-state index in [4.69, 9.17) is 5.73 Å². The van der Waals surface area contributed by atoms with Crippen molar-refractivity contribution in [3.8, 4) is 0 Å². The summed E-state index contributed by atoms with van der Waals surface area (Å²) in [6.45, 7) is 3.38. The lowest BCUT2D eigenvalue weighted by molar-refractivity contribution is -0.117. The van der Waals surface area contributed by atoms with Gasteiger partial charge in [-0.05, 0) is 44.5 Å². The van der Waals surface area contributed by atoms with Crippen molar-refractivity contribution >= 4 is 17.3 Å². The smallest absolute Gasteiger partial charge is 0.238 e. The van der Waals surface area contributed by atoms with Crippen LogP contribution in [0.5, 0.6) is 0 Å². The van der Waals surface area contributed by atoms with E-state index < -0.39 is 5.82 Å². The van der Waals surface area contributed by atoms with Crippen LogP contribution in [0.4, 0.5) is 15.8 Å². The number of amides is 1. The van der Waals surface area contributed by atoms with Gasteiger partial charge < -0.3 is 11.1 Å². The molecule has 4 nitrogen and oxygen atoms in total. The van der Waals surface area contributed by atoms with E-state index in [2.05, 4.69) is 17.1 Å². The van der Waals surface area contributed by atoms with Crippen LogP contribution in [-0.4, -0.2) is 29.9 Å². The van der Waals surface area contributed by atoms with Crippen LogP contribution in [0.3, 0.4) is 0 Å². The van der Waals surface area contributed by atoms with Gasteiger partial charge in [-0.2, -0.15) is 0 Å². The van der Waals surface area contributed by atoms with E-state index in [1.807, 2.05) is 0 Å². The predicted molar refractivity (Wildman–Crippen MR) is 69.7 cm³/mol. The van der Waals surface area contributed by atoms with Crippen molar-refractivity contribution in [3.05, 3.63) is 24.0 Å². The summed E-state index contributed by atoms with van der Waals surface area (Å²) in [5.74, 6) is -0.560. The summed E-state index contributed by atoms with van der Waals surface area (Å²) in [4.78, 5) is 14.0. The fourth-order valence-corrected chi connectivity index (χ4v) is 2.24. The topological polar surface area (TPSA) is 58.4 Å². The Morgan fingerprint density at radius 1 is 1.61 bits per heavy atom. The molecule has 1 atom stereocenters. The van der Waals surface area contributed by atoms with Crippen LogP contribution < -0.4 is 11.1 Å². The van der Waals surface area contributed by atoms with Crippen LogP contribution in [0.25, 0.3) is 0 Å². The van der Waals surface area contributed by atoms with Crippen molar-refractivity contribution in [2.24, 2.45) is 0 Å². The molecule has 0 aromatic heterocycles. The van der Waals surface area contributed by atoms with Crippen LogP contribution in [0.15, 0.2) is 18.2 Å². The lowest BCUT2D eigenvalue weighted by Gasteiger charge is -2.20. The summed E-state index contributed by atoms with van der Waals surface area (Å²) in [5, 5.41) is 2.65. The molecule has 0 bridgehead atoms. The fraction of sp³-hybridized carbons (Fsp3) is 0.462. The summed E-state index contributed by atoms with van der Waals surface area (Å²) >= 11 is 0. The average molecular weight is 251 g/mol. The average Bonchev–Trinajstić information content (AvgIpc) is 2.70. The summed E-state index contributed by atoms with van der Waals surface area (Å²) < 4.78 is 13.0. The van der Waals surface area contributed by atoms with Crippen molar-refractivity contribution < 1.29 is 9.18 Å². The molecule has 2 rings (SSSR count). The van der Waals surface area contributed by atoms with Crippen LogP contribution in [0, 0.1) is 5.82 Å². The van der Waals surface area contributed by atoms with E-state index in [-0.39, 0.29) is 5.91 Å². The summed E-state index contributed by atoms with van der Waals surface area (Å²) in [6, 6.07) is 4.39. The molecule has 0 saturated carbocycles. The molecule has 1 unspecified atom stereocenters. The fourth-order valence-electron chi connectivity index (χ4n) is 2.24. The molecule has 0 aliphatic carbocycles. The number of anilines is 2. The number of rotatable bonds is 3. The molecule has 0 spiro atoms. The second kappa shape index (κ2) is 5.35. The lowest BCUT2D eigenvalue weighted by atomic mass is 10.2. The van der Waals surface area contributed by atoms with Gasteiger partial charge in [-0.3, -0.25) is 9.69 Å². The molecule has 1 aromatic carbocycles. The Bertz CT molecular complexity index is 450. The SMILES string of the molecule is CC1CCCN1CC(=O)Nc1cc(F)ccc1N. The molecular weight excluding hydrogens is 233 g/mol. The number of likely N-dealkylation sites (tertiary alicyclic amines) is 1. The van der Waals surface area contributed by atoms with Gasteiger partial charge in [0.05, 0.1) is 17.9 Å². The zero-order valence-corrected chi connectivity index (χ0v) is 10.4. The van der Waals surface area contributed by atoms with Gasteiger partial charge in [-0.1, -0.05) is 0 Å². The second-order valence-corrected chi connectivity index (χ2v) is 4.74. The highest BCUT2D eigenvalue weighted by atomic mass is 19.1. The van der Waals surface area contributed by atoms with E-state index in [9.17, 15) is 9.18 Å². The molecule has 1 fully saturated rings. The van der Waals surface area contributed by atoms with E-state index in [1.54, 1.807) is 0 Å². The first-order valence-corrected chi connectivity index (χ1v) is 6.15. The first kappa shape index (κ1) is 12.8. The standard InChI is InChI=1S/C13H18FN3O/c1-9-3-2-6-17(9)8-13(18)16-12-7-10(14)4-5-11(12)15/h4-5,7,9H,2-3,6,8,15H2,1H3,(H,16,18). The maximum absolute atomic E-state index is 13.0. The molecule has 1 heterocycles. The first-order valence-electron chi connectivity index (χ1n) is 6.15. The van der Waals surface area contributed by atoms with Crippen molar-refractivity contribution in [1.29, 1.82) is 0 Å². The van der Waals surface area contributed by atoms with Crippen LogP contribution in [-0.2, 0) is 4.79 Å². The zero-order valence-electron chi connectivity index (χ0n) is 10.4. The van der Waals surface area contributed by atoms with E-state index in [0.29, 0.717) is 24.0 Å². The number of carbonyl (C=O) groups excluding carboxylic acids is 1. The number of nitrogen functional groups attached to an aromatic ring is 1. The Morgan fingerprint density at radius 2 is 2.39 bits per heavy atom. The van der Waals surface area contributed by atoms with Crippen LogP contribution in [0.2, 0.25) is 0 Å². The largest absolute Gasteiger partial charge is 0.397 e. The number of halogens is 1. The van der Waals surface area contributed by atoms with Gasteiger partial charge in [0.15, 0.2) is 0 Å². The Balaban J connectivity index is 1.96. The quantitative estimate of drug-likeness (QED) is 0.806. The first-order chi connectivity index (χ1) is 8.56. The van der Waals surface area contributed by atoms with Crippen LogP contribution >= 0.6 is 0 Å². The van der Waals surface area contributed by atoms with E-state index >= 15 is 0 Å². The molecule has 5 heteroatoms. The zero-order chi connectivity index (χ0) is 13.1. The molecule has 0 radical (unpaired) electrons. The number of carbonyl (C=O) groups is 1. The Labute approximate surface area is 106 Å². The third kappa shape index (κ3) is 2.98. The third-order valence-corrected chi connectivity index (χ3v) is 3.33. The minimum absolute atomic E-state index is 0.152. The number of hydrogen-bond acceptors (Lipinski definition) is 3. The molecule has 98 valence electrons. The van der Waals surface area contributed by atoms with Gasteiger partial charge in [0.1, 0.15) is 5.82 Å². The summed E-state index contributed by atoms with van der Waals surface area (Å²) in [7, 11) is 0. The number of hydrogen-bond donors (Lipinski definition) is 2. The highest BCUT2D eigenvalue weighted by molar-refractivity contribution is 5.95. The van der Waals surface area contributed by atoms with E-state index in [0.717, 1.165) is 19.4 Å². The van der Waals surface area contributed by atoms with E-state index in [1.165, 1.54) is 18.2 Å². The van der Waals surface area contributed by atoms with Crippen molar-refractivity contribution in [2.45, 2.75) is 25.8 Å². The van der Waals surface area contributed by atoms with Gasteiger partial charge in [-0.25, -0.2) is 4.39 Å². The number of nitrogens with two attached hydrogens (primary N) is 1. The molecule has 1 saturated heterocycles. The lowest BCUT2D eigenvalue weighted by Crippen LogP contribution is -2.35. The number of benzene rings is 1. The maximum atomic E-state index is 13.0. The number of nitrogens with zero attached hydrogens (tertiary/aromatic N) is 1. The van der Waals surface area contributed by atoms with Gasteiger partial charge in [0, 0.05) is 6.04 Å². The summed E-state index contributed by atoms with van der Waals surface area (Å²) in [5.41, 5.74) is 6.39. The molecule has 1 aliphatic heterocycles. The van der Waals surface area contributed by atoms with Crippen molar-refractivity contribution in [2.75, 3.05) is 24.1 Å². The van der Waals surface area contributed by atoms with Crippen LogP contribution in [0.1, 0.15) is 19.8 Å². The minimum Gasteiger partial charge on any atom is -0.397 e. The molecule has 18 heavy (non-hydrogen) atoms. The normalized spacial score (nSPS) is 20.0. The molecule has 1 aliphatic rings. The second-order valence-electron chi connectivity index (χ2n) is 4.74. The highest BCUT2D eigenvalue weighted by Crippen LogP contribution is 2.20. The van der Waals surface area contributed by atoms with Crippen molar-refractivity contribution in [1.82, 2.24) is 4.90 Å². The Morgan fingerprint density at radius 3 is 3.06 bits per heavy atom. The Hall–Kier alpha value is -1.62. The predicted octanol–water partition coefficient (Wildman–Crippen LogP) is 1.83. The maximum Gasteiger partial charge on any atom is 0.238 e. The summed E-state index contributed by atoms with van der Waals surface area (Å²) in [6.07, 6.45) is 2.24. The van der Waals surface area contributed by atoms with Gasteiger partial charge >= 0.3 is 0 Å². The van der Waals surface area contributed by atoms with Crippen molar-refractivity contribution in [3.63, 3.8) is 0 Å². The van der Waals surface area contributed by atoms with Gasteiger partial charge in [0.2, 0.25) is 5.91 Å². The molecule has 3 N–H and O–H groups in total. The van der Waals surface area contributed by atoms with Gasteiger partial charge in [-0.15, -0.1) is 0 Å². The monoisotopic (exact) mass is 251 g/mol. The molecule has 1 amide bonds.